The first-order chi connectivity index (χ1) is 13.5. The van der Waals surface area contributed by atoms with Crippen LogP contribution in [0.4, 0.5) is 0 Å². The Hall–Kier alpha value is -2.28. The van der Waals surface area contributed by atoms with Gasteiger partial charge in [-0.15, -0.1) is 0 Å². The summed E-state index contributed by atoms with van der Waals surface area (Å²) in [4.78, 5) is 2.09. The van der Waals surface area contributed by atoms with E-state index in [1.54, 1.807) is 14.2 Å². The lowest BCUT2D eigenvalue weighted by molar-refractivity contribution is 0.281. The van der Waals surface area contributed by atoms with E-state index in [1.807, 2.05) is 50.5 Å². The van der Waals surface area contributed by atoms with E-state index in [1.165, 1.54) is 0 Å². The molecule has 0 aliphatic heterocycles. The number of methoxy groups -OCH3 is 2. The normalized spacial score (nSPS) is 11.1. The summed E-state index contributed by atoms with van der Waals surface area (Å²) in [6.45, 7) is 0.766. The summed E-state index contributed by atoms with van der Waals surface area (Å²) in [5.41, 5.74) is 3.71. The minimum atomic E-state index is -0.0490. The summed E-state index contributed by atoms with van der Waals surface area (Å²) in [5.74, 6) is 2.73. The Kier molecular flexibility index (Phi) is 6.44. The number of nitrogens with zero attached hydrogens (tertiary/aromatic N) is 1. The molecule has 0 saturated carbocycles. The van der Waals surface area contributed by atoms with Gasteiger partial charge in [0.05, 0.1) is 20.8 Å². The Bertz CT molecular complexity index is 940. The maximum absolute atomic E-state index is 9.84. The van der Waals surface area contributed by atoms with Crippen LogP contribution in [0.5, 0.6) is 11.5 Å². The quantitative estimate of drug-likeness (QED) is 0.557. The summed E-state index contributed by atoms with van der Waals surface area (Å²) in [6, 6.07) is 13.7. The SMILES string of the molecule is COc1cc(-c2ccc(-c3ccc(CN(C)C)cc3CO)o2)cc(OC)c1Br. The van der Waals surface area contributed by atoms with Crippen molar-refractivity contribution in [2.75, 3.05) is 28.3 Å². The van der Waals surface area contributed by atoms with Crippen LogP contribution in [0.1, 0.15) is 11.1 Å². The average molecular weight is 446 g/mol. The van der Waals surface area contributed by atoms with E-state index in [-0.39, 0.29) is 6.61 Å². The number of hydrogen-bond acceptors (Lipinski definition) is 5. The highest BCUT2D eigenvalue weighted by molar-refractivity contribution is 9.10. The van der Waals surface area contributed by atoms with Crippen LogP contribution in [0.2, 0.25) is 0 Å². The van der Waals surface area contributed by atoms with Crippen LogP contribution in [0.15, 0.2) is 51.4 Å². The molecular weight excluding hydrogens is 422 g/mol. The van der Waals surface area contributed by atoms with Crippen molar-refractivity contribution in [1.82, 2.24) is 4.90 Å². The molecule has 1 heterocycles. The Morgan fingerprint density at radius 3 is 2.18 bits per heavy atom. The van der Waals surface area contributed by atoms with Crippen LogP contribution in [-0.4, -0.2) is 38.3 Å². The second-order valence-electron chi connectivity index (χ2n) is 6.75. The second-order valence-corrected chi connectivity index (χ2v) is 7.54. The first kappa shape index (κ1) is 20.5. The number of furan rings is 1. The third-order valence-electron chi connectivity index (χ3n) is 4.44. The fourth-order valence-corrected chi connectivity index (χ4v) is 3.68. The third-order valence-corrected chi connectivity index (χ3v) is 5.22. The fraction of sp³-hybridized carbons (Fsp3) is 0.273. The van der Waals surface area contributed by atoms with Crippen molar-refractivity contribution in [3.8, 4) is 34.1 Å². The van der Waals surface area contributed by atoms with Crippen molar-refractivity contribution >= 4 is 15.9 Å². The van der Waals surface area contributed by atoms with Crippen LogP contribution < -0.4 is 9.47 Å². The van der Waals surface area contributed by atoms with Crippen LogP contribution >= 0.6 is 15.9 Å². The standard InChI is InChI=1S/C22H24BrNO4/c1-24(2)12-14-5-6-17(16(9-14)13-25)19-8-7-18(28-19)15-10-20(26-3)22(23)21(11-15)27-4/h5-11,25H,12-13H2,1-4H3. The molecule has 0 saturated heterocycles. The zero-order valence-corrected chi connectivity index (χ0v) is 18.0. The van der Waals surface area contributed by atoms with Gasteiger partial charge in [0.1, 0.15) is 27.5 Å². The summed E-state index contributed by atoms with van der Waals surface area (Å²) < 4.78 is 17.7. The number of halogens is 1. The lowest BCUT2D eigenvalue weighted by atomic mass is 10.0. The van der Waals surface area contributed by atoms with E-state index in [9.17, 15) is 5.11 Å². The molecule has 5 nitrogen and oxygen atoms in total. The molecule has 0 aliphatic carbocycles. The van der Waals surface area contributed by atoms with Crippen LogP contribution in [0.3, 0.4) is 0 Å². The van der Waals surface area contributed by atoms with Gasteiger partial charge in [0.2, 0.25) is 0 Å². The zero-order valence-electron chi connectivity index (χ0n) is 16.5. The molecule has 0 radical (unpaired) electrons. The van der Waals surface area contributed by atoms with E-state index in [4.69, 9.17) is 13.9 Å². The van der Waals surface area contributed by atoms with E-state index in [0.29, 0.717) is 23.0 Å². The molecule has 1 N–H and O–H groups in total. The second kappa shape index (κ2) is 8.82. The first-order valence-electron chi connectivity index (χ1n) is 8.86. The van der Waals surface area contributed by atoms with Crippen molar-refractivity contribution in [1.29, 1.82) is 0 Å². The van der Waals surface area contributed by atoms with Gasteiger partial charge in [-0.05, 0) is 65.4 Å². The molecule has 28 heavy (non-hydrogen) atoms. The van der Waals surface area contributed by atoms with Crippen LogP contribution in [0, 0.1) is 0 Å². The molecule has 0 bridgehead atoms. The molecule has 148 valence electrons. The number of rotatable bonds is 7. The van der Waals surface area contributed by atoms with Crippen molar-refractivity contribution in [2.24, 2.45) is 0 Å². The molecule has 3 rings (SSSR count). The highest BCUT2D eigenvalue weighted by Crippen LogP contribution is 2.40. The molecule has 0 unspecified atom stereocenters. The van der Waals surface area contributed by atoms with Gasteiger partial charge >= 0.3 is 0 Å². The highest BCUT2D eigenvalue weighted by atomic mass is 79.9. The van der Waals surface area contributed by atoms with E-state index < -0.39 is 0 Å². The number of aliphatic hydroxyl groups excluding tert-OH is 1. The molecule has 0 aliphatic rings. The number of hydrogen-bond donors (Lipinski definition) is 1. The van der Waals surface area contributed by atoms with Gasteiger partial charge in [-0.2, -0.15) is 0 Å². The van der Waals surface area contributed by atoms with Crippen LogP contribution in [0.25, 0.3) is 22.6 Å². The highest BCUT2D eigenvalue weighted by Gasteiger charge is 2.15. The number of benzene rings is 2. The molecule has 2 aromatic carbocycles. The fourth-order valence-electron chi connectivity index (χ4n) is 3.13. The summed E-state index contributed by atoms with van der Waals surface area (Å²) in [7, 11) is 7.26. The van der Waals surface area contributed by atoms with Gasteiger partial charge in [-0.1, -0.05) is 18.2 Å². The van der Waals surface area contributed by atoms with Gasteiger partial charge < -0.3 is 23.9 Å². The average Bonchev–Trinajstić information content (AvgIpc) is 3.17. The Morgan fingerprint density at radius 1 is 0.964 bits per heavy atom. The largest absolute Gasteiger partial charge is 0.495 e. The number of aliphatic hydroxyl groups is 1. The molecule has 0 spiro atoms. The van der Waals surface area contributed by atoms with Gasteiger partial charge in [-0.25, -0.2) is 0 Å². The van der Waals surface area contributed by atoms with Crippen molar-refractivity contribution in [3.05, 3.63) is 58.1 Å². The first-order valence-corrected chi connectivity index (χ1v) is 9.65. The minimum Gasteiger partial charge on any atom is -0.495 e. The molecule has 0 fully saturated rings. The van der Waals surface area contributed by atoms with E-state index >= 15 is 0 Å². The predicted molar refractivity (Wildman–Crippen MR) is 114 cm³/mol. The van der Waals surface area contributed by atoms with E-state index in [0.717, 1.165) is 33.3 Å². The summed E-state index contributed by atoms with van der Waals surface area (Å²) in [5, 5.41) is 9.84. The predicted octanol–water partition coefficient (Wildman–Crippen LogP) is 4.95. The summed E-state index contributed by atoms with van der Waals surface area (Å²) >= 11 is 3.48. The molecule has 6 heteroatoms. The lowest BCUT2D eigenvalue weighted by Crippen LogP contribution is -2.10. The third kappa shape index (κ3) is 4.24. The van der Waals surface area contributed by atoms with E-state index in [2.05, 4.69) is 26.9 Å². The van der Waals surface area contributed by atoms with Crippen molar-refractivity contribution in [2.45, 2.75) is 13.2 Å². The monoisotopic (exact) mass is 445 g/mol. The smallest absolute Gasteiger partial charge is 0.137 e. The van der Waals surface area contributed by atoms with Gasteiger partial charge in [0, 0.05) is 17.7 Å². The van der Waals surface area contributed by atoms with Crippen molar-refractivity contribution in [3.63, 3.8) is 0 Å². The maximum atomic E-state index is 9.84. The molecule has 0 atom stereocenters. The Labute approximate surface area is 173 Å². The lowest BCUT2D eigenvalue weighted by Gasteiger charge is -2.12. The minimum absolute atomic E-state index is 0.0490. The topological polar surface area (TPSA) is 55.1 Å². The van der Waals surface area contributed by atoms with Gasteiger partial charge in [0.25, 0.3) is 0 Å². The molecular formula is C22H24BrNO4. The van der Waals surface area contributed by atoms with Crippen molar-refractivity contribution < 1.29 is 19.0 Å². The van der Waals surface area contributed by atoms with Crippen LogP contribution in [-0.2, 0) is 13.2 Å². The molecule has 0 amide bonds. The molecule has 1 aromatic heterocycles. The maximum Gasteiger partial charge on any atom is 0.137 e. The van der Waals surface area contributed by atoms with Gasteiger partial charge in [-0.3, -0.25) is 0 Å². The molecule has 3 aromatic rings. The summed E-state index contributed by atoms with van der Waals surface area (Å²) in [6.07, 6.45) is 0. The Morgan fingerprint density at radius 2 is 1.61 bits per heavy atom. The van der Waals surface area contributed by atoms with Gasteiger partial charge in [0.15, 0.2) is 0 Å². The Balaban J connectivity index is 1.99. The number of ether oxygens (including phenoxy) is 2. The zero-order chi connectivity index (χ0) is 20.3.